The topological polar surface area (TPSA) is 70.1 Å². The van der Waals surface area contributed by atoms with Crippen molar-refractivity contribution in [2.75, 3.05) is 12.3 Å². The number of carbonyl (C=O) groups excluding carboxylic acids is 1. The Kier molecular flexibility index (Phi) is 5.41. The number of anilines is 1. The summed E-state index contributed by atoms with van der Waals surface area (Å²) in [4.78, 5) is 16.7. The van der Waals surface area contributed by atoms with Crippen LogP contribution in [0.2, 0.25) is 0 Å². The maximum atomic E-state index is 12.1. The van der Waals surface area contributed by atoms with Crippen LogP contribution < -0.4 is 5.73 Å². The Labute approximate surface area is 131 Å². The van der Waals surface area contributed by atoms with Gasteiger partial charge < -0.3 is 15.0 Å². The molecule has 0 aliphatic heterocycles. The molecule has 2 aromatic rings. The van der Waals surface area contributed by atoms with Crippen molar-refractivity contribution in [3.8, 4) is 0 Å². The molecule has 0 radical (unpaired) electrons. The zero-order chi connectivity index (χ0) is 16.1. The van der Waals surface area contributed by atoms with Gasteiger partial charge in [0.2, 0.25) is 0 Å². The summed E-state index contributed by atoms with van der Waals surface area (Å²) in [5.41, 5.74) is 8.28. The van der Waals surface area contributed by atoms with E-state index in [9.17, 15) is 4.79 Å². The molecule has 5 heteroatoms. The van der Waals surface area contributed by atoms with Crippen LogP contribution in [0.15, 0.2) is 18.2 Å². The van der Waals surface area contributed by atoms with Crippen LogP contribution >= 0.6 is 0 Å². The van der Waals surface area contributed by atoms with Crippen LogP contribution in [0.3, 0.4) is 0 Å². The summed E-state index contributed by atoms with van der Waals surface area (Å²) in [6.07, 6.45) is 2.66. The number of rotatable bonds is 7. The van der Waals surface area contributed by atoms with Gasteiger partial charge in [-0.15, -0.1) is 0 Å². The fourth-order valence-corrected chi connectivity index (χ4v) is 2.39. The first-order valence-electron chi connectivity index (χ1n) is 7.92. The molecule has 2 N–H and O–H groups in total. The molecule has 0 fully saturated rings. The number of carbonyl (C=O) groups is 1. The van der Waals surface area contributed by atoms with Gasteiger partial charge in [-0.05, 0) is 30.9 Å². The third-order valence-corrected chi connectivity index (χ3v) is 3.61. The number of nitrogens with zero attached hydrogens (tertiary/aromatic N) is 2. The van der Waals surface area contributed by atoms with E-state index in [2.05, 4.69) is 25.8 Å². The van der Waals surface area contributed by atoms with Gasteiger partial charge in [0.25, 0.3) is 0 Å². The molecule has 1 aromatic carbocycles. The van der Waals surface area contributed by atoms with Crippen molar-refractivity contribution in [3.05, 3.63) is 24.0 Å². The van der Waals surface area contributed by atoms with Crippen LogP contribution in [0.4, 0.5) is 5.69 Å². The van der Waals surface area contributed by atoms with Crippen LogP contribution in [-0.4, -0.2) is 22.1 Å². The molecule has 0 spiro atoms. The van der Waals surface area contributed by atoms with Crippen LogP contribution in [0.25, 0.3) is 11.0 Å². The number of hydrogen-bond acceptors (Lipinski definition) is 4. The first-order valence-corrected chi connectivity index (χ1v) is 7.92. The Bertz CT molecular complexity index is 647. The number of nitrogen functional groups attached to an aromatic ring is 1. The third kappa shape index (κ3) is 3.78. The lowest BCUT2D eigenvalue weighted by molar-refractivity contribution is -0.144. The zero-order valence-corrected chi connectivity index (χ0v) is 13.6. The molecule has 120 valence electrons. The second-order valence-corrected chi connectivity index (χ2v) is 5.98. The summed E-state index contributed by atoms with van der Waals surface area (Å²) in [6.45, 7) is 6.97. The predicted octanol–water partition coefficient (Wildman–Crippen LogP) is 3.16. The molecule has 22 heavy (non-hydrogen) atoms. The van der Waals surface area contributed by atoms with E-state index in [1.807, 2.05) is 22.8 Å². The molecule has 2 rings (SSSR count). The Morgan fingerprint density at radius 3 is 2.86 bits per heavy atom. The fourth-order valence-electron chi connectivity index (χ4n) is 2.39. The van der Waals surface area contributed by atoms with E-state index in [4.69, 9.17) is 10.5 Å². The van der Waals surface area contributed by atoms with Gasteiger partial charge in [-0.2, -0.15) is 0 Å². The summed E-state index contributed by atoms with van der Waals surface area (Å²) in [6, 6.07) is 5.66. The van der Waals surface area contributed by atoms with Gasteiger partial charge in [-0.3, -0.25) is 4.79 Å². The molecule has 0 aliphatic rings. The second kappa shape index (κ2) is 7.29. The highest BCUT2D eigenvalue weighted by Crippen LogP contribution is 2.22. The van der Waals surface area contributed by atoms with E-state index < -0.39 is 0 Å². The summed E-state index contributed by atoms with van der Waals surface area (Å²) in [5.74, 6) is 1.19. The monoisotopic (exact) mass is 303 g/mol. The maximum Gasteiger partial charge on any atom is 0.326 e. The van der Waals surface area contributed by atoms with E-state index in [1.165, 1.54) is 0 Å². The number of ether oxygens (including phenoxy) is 1. The SMILES string of the molecule is CCCc1nc2c(N)cccc2n1CC(=O)OCCC(C)C. The molecule has 5 nitrogen and oxygen atoms in total. The van der Waals surface area contributed by atoms with E-state index in [0.29, 0.717) is 18.2 Å². The molecule has 1 aromatic heterocycles. The lowest BCUT2D eigenvalue weighted by Crippen LogP contribution is -2.16. The van der Waals surface area contributed by atoms with Gasteiger partial charge in [0.1, 0.15) is 17.9 Å². The molecule has 0 bridgehead atoms. The number of benzene rings is 1. The van der Waals surface area contributed by atoms with Gasteiger partial charge in [0.15, 0.2) is 0 Å². The molecule has 0 saturated heterocycles. The number of hydrogen-bond donors (Lipinski definition) is 1. The smallest absolute Gasteiger partial charge is 0.326 e. The quantitative estimate of drug-likeness (QED) is 0.630. The largest absolute Gasteiger partial charge is 0.464 e. The predicted molar refractivity (Wildman–Crippen MR) is 88.6 cm³/mol. The van der Waals surface area contributed by atoms with Crippen molar-refractivity contribution >= 4 is 22.7 Å². The average molecular weight is 303 g/mol. The summed E-state index contributed by atoms with van der Waals surface area (Å²) in [5, 5.41) is 0. The Morgan fingerprint density at radius 1 is 1.41 bits per heavy atom. The molecule has 0 amide bonds. The van der Waals surface area contributed by atoms with E-state index in [-0.39, 0.29) is 12.5 Å². The number of nitrogens with two attached hydrogens (primary N) is 1. The van der Waals surface area contributed by atoms with Gasteiger partial charge in [0, 0.05) is 6.42 Å². The zero-order valence-electron chi connectivity index (χ0n) is 13.6. The summed E-state index contributed by atoms with van der Waals surface area (Å²) in [7, 11) is 0. The second-order valence-electron chi connectivity index (χ2n) is 5.98. The standard InChI is InChI=1S/C17H25N3O2/c1-4-6-15-19-17-13(18)7-5-8-14(17)20(15)11-16(21)22-10-9-12(2)3/h5,7-8,12H,4,6,9-11,18H2,1-3H3. The normalized spacial score (nSPS) is 11.3. The maximum absolute atomic E-state index is 12.1. The minimum atomic E-state index is -0.222. The minimum Gasteiger partial charge on any atom is -0.464 e. The van der Waals surface area contributed by atoms with E-state index in [0.717, 1.165) is 36.1 Å². The third-order valence-electron chi connectivity index (χ3n) is 3.61. The minimum absolute atomic E-state index is 0.188. The first-order chi connectivity index (χ1) is 10.5. The number of imidazole rings is 1. The number of aromatic nitrogens is 2. The first kappa shape index (κ1) is 16.3. The number of fused-ring (bicyclic) bond motifs is 1. The van der Waals surface area contributed by atoms with Crippen LogP contribution in [0.1, 0.15) is 39.4 Å². The lowest BCUT2D eigenvalue weighted by Gasteiger charge is -2.10. The van der Waals surface area contributed by atoms with Crippen molar-refractivity contribution < 1.29 is 9.53 Å². The number of para-hydroxylation sites is 1. The van der Waals surface area contributed by atoms with Crippen molar-refractivity contribution in [1.29, 1.82) is 0 Å². The van der Waals surface area contributed by atoms with Gasteiger partial charge in [0.05, 0.1) is 17.8 Å². The van der Waals surface area contributed by atoms with E-state index in [1.54, 1.807) is 0 Å². The Morgan fingerprint density at radius 2 is 2.18 bits per heavy atom. The van der Waals surface area contributed by atoms with Crippen molar-refractivity contribution in [2.45, 2.75) is 46.6 Å². The van der Waals surface area contributed by atoms with Gasteiger partial charge in [-0.25, -0.2) is 4.98 Å². The van der Waals surface area contributed by atoms with Gasteiger partial charge >= 0.3 is 5.97 Å². The molecule has 0 unspecified atom stereocenters. The molecular weight excluding hydrogens is 278 g/mol. The molecule has 0 atom stereocenters. The van der Waals surface area contributed by atoms with Crippen molar-refractivity contribution in [1.82, 2.24) is 9.55 Å². The fraction of sp³-hybridized carbons (Fsp3) is 0.529. The van der Waals surface area contributed by atoms with Crippen molar-refractivity contribution in [2.24, 2.45) is 5.92 Å². The number of esters is 1. The van der Waals surface area contributed by atoms with Crippen LogP contribution in [0.5, 0.6) is 0 Å². The van der Waals surface area contributed by atoms with Gasteiger partial charge in [-0.1, -0.05) is 26.8 Å². The highest BCUT2D eigenvalue weighted by molar-refractivity contribution is 5.88. The lowest BCUT2D eigenvalue weighted by atomic mass is 10.1. The molecular formula is C17H25N3O2. The summed E-state index contributed by atoms with van der Waals surface area (Å²) >= 11 is 0. The van der Waals surface area contributed by atoms with E-state index >= 15 is 0 Å². The average Bonchev–Trinajstić information content (AvgIpc) is 2.79. The highest BCUT2D eigenvalue weighted by atomic mass is 16.5. The van der Waals surface area contributed by atoms with Crippen molar-refractivity contribution in [3.63, 3.8) is 0 Å². The molecule has 1 heterocycles. The Hall–Kier alpha value is -2.04. The number of aryl methyl sites for hydroxylation is 1. The van der Waals surface area contributed by atoms with Crippen LogP contribution in [0, 0.1) is 5.92 Å². The van der Waals surface area contributed by atoms with Crippen LogP contribution in [-0.2, 0) is 22.5 Å². The Balaban J connectivity index is 2.19. The molecule has 0 saturated carbocycles. The molecule has 0 aliphatic carbocycles. The highest BCUT2D eigenvalue weighted by Gasteiger charge is 2.15. The summed E-state index contributed by atoms with van der Waals surface area (Å²) < 4.78 is 7.24.